The number of benzene rings is 1. The lowest BCUT2D eigenvalue weighted by molar-refractivity contribution is -0.122. The Bertz CT molecular complexity index is 1160. The largest absolute Gasteiger partial charge is 0.312 e. The monoisotopic (exact) mass is 488 g/mol. The van der Waals surface area contributed by atoms with Crippen LogP contribution in [0, 0.1) is 19.8 Å². The molecule has 1 aliphatic heterocycles. The van der Waals surface area contributed by atoms with Gasteiger partial charge in [-0.3, -0.25) is 14.4 Å². The predicted octanol–water partition coefficient (Wildman–Crippen LogP) is 3.33. The second-order valence-corrected chi connectivity index (χ2v) is 10.3. The minimum atomic E-state index is -0.462. The van der Waals surface area contributed by atoms with Gasteiger partial charge in [-0.05, 0) is 31.5 Å². The smallest absolute Gasteiger partial charge is 0.236 e. The normalized spacial score (nSPS) is 15.8. The SMILES string of the molecule is Cc1cccc(N2C[C@@H](C(=O)Nc3nnc(SCC(=O)Nc4nc(C)cs4)s3)CC2=O)c1. The van der Waals surface area contributed by atoms with Crippen LogP contribution in [0.2, 0.25) is 0 Å². The van der Waals surface area contributed by atoms with Gasteiger partial charge in [-0.25, -0.2) is 4.98 Å². The standard InChI is InChI=1S/C20H20N6O3S3/c1-11-4-3-5-14(6-11)26-8-13(7-16(26)28)17(29)23-19-24-25-20(32-19)31-10-15(27)22-18-21-12(2)9-30-18/h3-6,9,13H,7-8,10H2,1-2H3,(H,21,22,27)(H,23,24,29)/t13-/m0/s1. The second-order valence-electron chi connectivity index (χ2n) is 7.24. The maximum absolute atomic E-state index is 12.7. The summed E-state index contributed by atoms with van der Waals surface area (Å²) in [6, 6.07) is 7.65. The molecular formula is C20H20N6O3S3. The fourth-order valence-corrected chi connectivity index (χ4v) is 5.41. The summed E-state index contributed by atoms with van der Waals surface area (Å²) in [4.78, 5) is 42.9. The number of anilines is 3. The number of nitrogens with zero attached hydrogens (tertiary/aromatic N) is 4. The Labute approximate surface area is 196 Å². The van der Waals surface area contributed by atoms with Crippen molar-refractivity contribution in [3.8, 4) is 0 Å². The van der Waals surface area contributed by atoms with Gasteiger partial charge in [0.1, 0.15) is 0 Å². The van der Waals surface area contributed by atoms with Crippen molar-refractivity contribution in [1.29, 1.82) is 0 Å². The van der Waals surface area contributed by atoms with Crippen molar-refractivity contribution in [3.63, 3.8) is 0 Å². The summed E-state index contributed by atoms with van der Waals surface area (Å²) < 4.78 is 0.564. The lowest BCUT2D eigenvalue weighted by Gasteiger charge is -2.17. The molecule has 2 N–H and O–H groups in total. The highest BCUT2D eigenvalue weighted by molar-refractivity contribution is 8.01. The van der Waals surface area contributed by atoms with E-state index in [1.165, 1.54) is 34.4 Å². The van der Waals surface area contributed by atoms with Gasteiger partial charge in [0, 0.05) is 24.0 Å². The molecule has 32 heavy (non-hydrogen) atoms. The molecule has 3 amide bonds. The number of hydrogen-bond acceptors (Lipinski definition) is 9. The maximum atomic E-state index is 12.7. The van der Waals surface area contributed by atoms with Crippen LogP contribution in [0.15, 0.2) is 34.0 Å². The molecule has 12 heteroatoms. The molecule has 1 saturated heterocycles. The number of amides is 3. The Balaban J connectivity index is 1.28. The van der Waals surface area contributed by atoms with Gasteiger partial charge >= 0.3 is 0 Å². The third-order valence-electron chi connectivity index (χ3n) is 4.64. The zero-order chi connectivity index (χ0) is 22.7. The van der Waals surface area contributed by atoms with Gasteiger partial charge in [-0.1, -0.05) is 35.2 Å². The molecule has 0 bridgehead atoms. The zero-order valence-electron chi connectivity index (χ0n) is 17.3. The van der Waals surface area contributed by atoms with Crippen LogP contribution in [-0.4, -0.2) is 45.2 Å². The molecule has 3 aromatic rings. The molecule has 1 fully saturated rings. The first-order valence-corrected chi connectivity index (χ1v) is 12.4. The summed E-state index contributed by atoms with van der Waals surface area (Å²) in [6.07, 6.45) is 0.149. The average Bonchev–Trinajstić information content (AvgIpc) is 3.47. The van der Waals surface area contributed by atoms with Gasteiger partial charge in [-0.15, -0.1) is 21.5 Å². The Morgan fingerprint density at radius 3 is 2.81 bits per heavy atom. The number of hydrogen-bond donors (Lipinski definition) is 2. The first-order valence-electron chi connectivity index (χ1n) is 9.73. The van der Waals surface area contributed by atoms with Crippen molar-refractivity contribution in [3.05, 3.63) is 40.9 Å². The van der Waals surface area contributed by atoms with Crippen LogP contribution >= 0.6 is 34.4 Å². The molecule has 0 aliphatic carbocycles. The fourth-order valence-electron chi connectivity index (χ4n) is 3.15. The molecule has 2 aromatic heterocycles. The van der Waals surface area contributed by atoms with Gasteiger partial charge < -0.3 is 15.5 Å². The van der Waals surface area contributed by atoms with E-state index in [9.17, 15) is 14.4 Å². The molecular weight excluding hydrogens is 468 g/mol. The van der Waals surface area contributed by atoms with Crippen molar-refractivity contribution in [1.82, 2.24) is 15.2 Å². The minimum Gasteiger partial charge on any atom is -0.312 e. The van der Waals surface area contributed by atoms with Crippen LogP contribution in [0.25, 0.3) is 0 Å². The van der Waals surface area contributed by atoms with Crippen LogP contribution in [0.5, 0.6) is 0 Å². The summed E-state index contributed by atoms with van der Waals surface area (Å²) >= 11 is 3.79. The van der Waals surface area contributed by atoms with E-state index in [-0.39, 0.29) is 29.9 Å². The molecule has 1 atom stereocenters. The van der Waals surface area contributed by atoms with E-state index < -0.39 is 5.92 Å². The molecule has 0 saturated carbocycles. The third kappa shape index (κ3) is 5.50. The van der Waals surface area contributed by atoms with Gasteiger partial charge in [0.25, 0.3) is 0 Å². The molecule has 0 unspecified atom stereocenters. The lowest BCUT2D eigenvalue weighted by atomic mass is 10.1. The third-order valence-corrected chi connectivity index (χ3v) is 7.49. The maximum Gasteiger partial charge on any atom is 0.236 e. The summed E-state index contributed by atoms with van der Waals surface area (Å²) in [5.74, 6) is -0.839. The summed E-state index contributed by atoms with van der Waals surface area (Å²) in [7, 11) is 0. The molecule has 4 rings (SSSR count). The highest BCUT2D eigenvalue weighted by Crippen LogP contribution is 2.29. The molecule has 0 radical (unpaired) electrons. The lowest BCUT2D eigenvalue weighted by Crippen LogP contribution is -2.28. The number of rotatable bonds is 7. The molecule has 1 aliphatic rings. The van der Waals surface area contributed by atoms with Crippen LogP contribution < -0.4 is 15.5 Å². The number of thioether (sulfide) groups is 1. The van der Waals surface area contributed by atoms with E-state index in [4.69, 9.17) is 0 Å². The van der Waals surface area contributed by atoms with Gasteiger partial charge in [-0.2, -0.15) is 0 Å². The number of carbonyl (C=O) groups is 3. The highest BCUT2D eigenvalue weighted by Gasteiger charge is 2.35. The average molecular weight is 489 g/mol. The Hall–Kier alpha value is -2.83. The number of thiazole rings is 1. The number of nitrogens with one attached hydrogen (secondary N) is 2. The highest BCUT2D eigenvalue weighted by atomic mass is 32.2. The van der Waals surface area contributed by atoms with Crippen LogP contribution in [0.3, 0.4) is 0 Å². The predicted molar refractivity (Wildman–Crippen MR) is 126 cm³/mol. The van der Waals surface area contributed by atoms with Gasteiger partial charge in [0.05, 0.1) is 17.4 Å². The van der Waals surface area contributed by atoms with Crippen LogP contribution in [-0.2, 0) is 14.4 Å². The van der Waals surface area contributed by atoms with Crippen molar-refractivity contribution in [2.75, 3.05) is 27.8 Å². The van der Waals surface area contributed by atoms with E-state index in [1.807, 2.05) is 43.5 Å². The van der Waals surface area contributed by atoms with Crippen molar-refractivity contribution in [2.24, 2.45) is 5.92 Å². The molecule has 166 valence electrons. The number of aryl methyl sites for hydroxylation is 2. The van der Waals surface area contributed by atoms with E-state index in [2.05, 4.69) is 25.8 Å². The van der Waals surface area contributed by atoms with Gasteiger partial charge in [0.2, 0.25) is 22.9 Å². The summed E-state index contributed by atoms with van der Waals surface area (Å²) in [6.45, 7) is 4.15. The van der Waals surface area contributed by atoms with Crippen molar-refractivity contribution >= 4 is 68.1 Å². The van der Waals surface area contributed by atoms with E-state index in [1.54, 1.807) is 4.90 Å². The van der Waals surface area contributed by atoms with Crippen LogP contribution in [0.1, 0.15) is 17.7 Å². The van der Waals surface area contributed by atoms with Crippen molar-refractivity contribution < 1.29 is 14.4 Å². The van der Waals surface area contributed by atoms with E-state index >= 15 is 0 Å². The zero-order valence-corrected chi connectivity index (χ0v) is 19.8. The number of aromatic nitrogens is 3. The van der Waals surface area contributed by atoms with Crippen molar-refractivity contribution in [2.45, 2.75) is 24.6 Å². The second kappa shape index (κ2) is 9.76. The first kappa shape index (κ1) is 22.4. The number of carbonyl (C=O) groups excluding carboxylic acids is 3. The van der Waals surface area contributed by atoms with E-state index in [0.717, 1.165) is 16.9 Å². The molecule has 0 spiro atoms. The quantitative estimate of drug-likeness (QED) is 0.387. The van der Waals surface area contributed by atoms with E-state index in [0.29, 0.717) is 21.1 Å². The first-order chi connectivity index (χ1) is 15.4. The molecule has 1 aromatic carbocycles. The Morgan fingerprint density at radius 1 is 1.22 bits per heavy atom. The fraction of sp³-hybridized carbons (Fsp3) is 0.300. The van der Waals surface area contributed by atoms with Crippen LogP contribution in [0.4, 0.5) is 16.0 Å². The Morgan fingerprint density at radius 2 is 2.06 bits per heavy atom. The summed E-state index contributed by atoms with van der Waals surface area (Å²) in [5.41, 5.74) is 2.71. The topological polar surface area (TPSA) is 117 Å². The van der Waals surface area contributed by atoms with Gasteiger partial charge in [0.15, 0.2) is 9.47 Å². The molecule has 9 nitrogen and oxygen atoms in total. The molecule has 3 heterocycles. The minimum absolute atomic E-state index is 0.0781. The summed E-state index contributed by atoms with van der Waals surface area (Å²) in [5, 5.41) is 16.2. The Kier molecular flexibility index (Phi) is 6.82.